The third-order valence-corrected chi connectivity index (χ3v) is 5.67. The average Bonchev–Trinajstić information content (AvgIpc) is 2.74. The molecule has 1 N–H and O–H groups in total. The molecule has 2 aromatic rings. The average molecular weight is 365 g/mol. The van der Waals surface area contributed by atoms with Crippen molar-refractivity contribution < 1.29 is 4.79 Å². The number of hydrogen-bond acceptors (Lipinski definition) is 5. The number of pyridine rings is 1. The molecule has 1 aliphatic heterocycles. The Hall–Kier alpha value is -2.50. The van der Waals surface area contributed by atoms with E-state index in [1.165, 1.54) is 31.3 Å². The van der Waals surface area contributed by atoms with Crippen molar-refractivity contribution in [2.45, 2.75) is 44.9 Å². The fourth-order valence-corrected chi connectivity index (χ4v) is 4.04. The van der Waals surface area contributed by atoms with Crippen molar-refractivity contribution in [3.63, 3.8) is 0 Å². The molecule has 3 heterocycles. The fraction of sp³-hybridized carbons (Fsp3) is 0.524. The molecule has 6 heteroatoms. The normalized spacial score (nSPS) is 18.4. The van der Waals surface area contributed by atoms with E-state index in [1.807, 2.05) is 12.3 Å². The van der Waals surface area contributed by atoms with Gasteiger partial charge in [-0.25, -0.2) is 9.97 Å². The molecule has 27 heavy (non-hydrogen) atoms. The minimum Gasteiger partial charge on any atom is -0.370 e. The van der Waals surface area contributed by atoms with Gasteiger partial charge < -0.3 is 10.2 Å². The standard InChI is InChI=1S/C21H27N5O/c27-21(24-9-6-16-4-2-1-3-5-16)17-7-12-26(13-8-17)18-14-19-20(25-15-18)23-11-10-22-19/h4,10-11,14-15,17H,1-3,5-9,12-13H2,(H,24,27). The molecule has 0 bridgehead atoms. The molecule has 1 aliphatic carbocycles. The summed E-state index contributed by atoms with van der Waals surface area (Å²) in [6.07, 6.45) is 15.4. The van der Waals surface area contributed by atoms with Gasteiger partial charge in [0.15, 0.2) is 5.65 Å². The minimum atomic E-state index is 0.120. The Labute approximate surface area is 160 Å². The van der Waals surface area contributed by atoms with Crippen LogP contribution in [0.4, 0.5) is 5.69 Å². The van der Waals surface area contributed by atoms with Gasteiger partial charge in [0.25, 0.3) is 0 Å². The van der Waals surface area contributed by atoms with Gasteiger partial charge in [0.1, 0.15) is 5.52 Å². The van der Waals surface area contributed by atoms with Crippen LogP contribution in [0.3, 0.4) is 0 Å². The van der Waals surface area contributed by atoms with Crippen LogP contribution >= 0.6 is 0 Å². The van der Waals surface area contributed by atoms with E-state index in [9.17, 15) is 4.79 Å². The molecule has 0 unspecified atom stereocenters. The Bertz CT molecular complexity index is 826. The van der Waals surface area contributed by atoms with Crippen molar-refractivity contribution in [2.75, 3.05) is 24.5 Å². The van der Waals surface area contributed by atoms with Gasteiger partial charge in [0.2, 0.25) is 5.91 Å². The van der Waals surface area contributed by atoms with E-state index in [4.69, 9.17) is 0 Å². The quantitative estimate of drug-likeness (QED) is 0.824. The molecule has 2 aromatic heterocycles. The minimum absolute atomic E-state index is 0.120. The number of amides is 1. The Morgan fingerprint density at radius 2 is 2.00 bits per heavy atom. The summed E-state index contributed by atoms with van der Waals surface area (Å²) in [6.45, 7) is 2.52. The number of hydrogen-bond donors (Lipinski definition) is 1. The van der Waals surface area contributed by atoms with Gasteiger partial charge in [0.05, 0.1) is 11.9 Å². The fourth-order valence-electron chi connectivity index (χ4n) is 4.04. The van der Waals surface area contributed by atoms with E-state index < -0.39 is 0 Å². The molecule has 142 valence electrons. The number of carbonyl (C=O) groups is 1. The summed E-state index contributed by atoms with van der Waals surface area (Å²) >= 11 is 0. The van der Waals surface area contributed by atoms with Crippen LogP contribution in [0.1, 0.15) is 44.9 Å². The maximum atomic E-state index is 12.5. The van der Waals surface area contributed by atoms with Crippen LogP contribution in [0, 0.1) is 5.92 Å². The first-order valence-electron chi connectivity index (χ1n) is 10.1. The van der Waals surface area contributed by atoms with Crippen LogP contribution in [0.25, 0.3) is 11.2 Å². The molecular weight excluding hydrogens is 338 g/mol. The highest BCUT2D eigenvalue weighted by Crippen LogP contribution is 2.25. The predicted octanol–water partition coefficient (Wildman–Crippen LogP) is 3.25. The van der Waals surface area contributed by atoms with Gasteiger partial charge in [-0.2, -0.15) is 0 Å². The molecule has 2 aliphatic rings. The highest BCUT2D eigenvalue weighted by molar-refractivity contribution is 5.79. The molecule has 0 radical (unpaired) electrons. The number of allylic oxidation sites excluding steroid dienone is 1. The van der Waals surface area contributed by atoms with E-state index in [0.717, 1.165) is 50.1 Å². The van der Waals surface area contributed by atoms with Crippen molar-refractivity contribution in [2.24, 2.45) is 5.92 Å². The zero-order chi connectivity index (χ0) is 18.5. The second kappa shape index (κ2) is 8.46. The van der Waals surface area contributed by atoms with Crippen molar-refractivity contribution in [1.29, 1.82) is 0 Å². The van der Waals surface area contributed by atoms with E-state index >= 15 is 0 Å². The topological polar surface area (TPSA) is 71.0 Å². The van der Waals surface area contributed by atoms with Crippen molar-refractivity contribution >= 4 is 22.8 Å². The molecule has 6 nitrogen and oxygen atoms in total. The smallest absolute Gasteiger partial charge is 0.223 e. The maximum Gasteiger partial charge on any atom is 0.223 e. The SMILES string of the molecule is O=C(NCCC1=CCCCC1)C1CCN(c2cnc3nccnc3c2)CC1. The lowest BCUT2D eigenvalue weighted by molar-refractivity contribution is -0.125. The summed E-state index contributed by atoms with van der Waals surface area (Å²) in [7, 11) is 0. The van der Waals surface area contributed by atoms with Gasteiger partial charge in [-0.15, -0.1) is 0 Å². The van der Waals surface area contributed by atoms with Crippen LogP contribution < -0.4 is 10.2 Å². The first-order chi connectivity index (χ1) is 13.3. The summed E-state index contributed by atoms with van der Waals surface area (Å²) in [5.74, 6) is 0.336. The highest BCUT2D eigenvalue weighted by atomic mass is 16.1. The van der Waals surface area contributed by atoms with Crippen LogP contribution in [0.2, 0.25) is 0 Å². The summed E-state index contributed by atoms with van der Waals surface area (Å²) in [5.41, 5.74) is 4.06. The molecule has 0 aromatic carbocycles. The molecular formula is C21H27N5O. The second-order valence-electron chi connectivity index (χ2n) is 7.50. The Kier molecular flexibility index (Phi) is 5.61. The van der Waals surface area contributed by atoms with Gasteiger partial charge in [-0.05, 0) is 51.0 Å². The summed E-state index contributed by atoms with van der Waals surface area (Å²) in [6, 6.07) is 2.04. The third-order valence-electron chi connectivity index (χ3n) is 5.67. The van der Waals surface area contributed by atoms with E-state index in [1.54, 1.807) is 12.4 Å². The lowest BCUT2D eigenvalue weighted by atomic mass is 9.95. The van der Waals surface area contributed by atoms with Gasteiger partial charge in [0, 0.05) is 37.9 Å². The Morgan fingerprint density at radius 1 is 1.15 bits per heavy atom. The van der Waals surface area contributed by atoms with Crippen molar-refractivity contribution in [3.8, 4) is 0 Å². The van der Waals surface area contributed by atoms with Gasteiger partial charge in [-0.3, -0.25) is 9.78 Å². The molecule has 0 spiro atoms. The summed E-state index contributed by atoms with van der Waals surface area (Å²) in [4.78, 5) is 27.7. The monoisotopic (exact) mass is 365 g/mol. The first kappa shape index (κ1) is 17.9. The Balaban J connectivity index is 1.26. The number of rotatable bonds is 5. The molecule has 0 atom stereocenters. The molecule has 1 amide bonds. The summed E-state index contributed by atoms with van der Waals surface area (Å²) < 4.78 is 0. The predicted molar refractivity (Wildman–Crippen MR) is 106 cm³/mol. The maximum absolute atomic E-state index is 12.5. The zero-order valence-corrected chi connectivity index (χ0v) is 15.7. The molecule has 4 rings (SSSR count). The number of piperidine rings is 1. The number of carbonyl (C=O) groups excluding carboxylic acids is 1. The number of anilines is 1. The Morgan fingerprint density at radius 3 is 2.81 bits per heavy atom. The number of fused-ring (bicyclic) bond motifs is 1. The van der Waals surface area contributed by atoms with Gasteiger partial charge >= 0.3 is 0 Å². The number of nitrogens with zero attached hydrogens (tertiary/aromatic N) is 4. The molecule has 1 fully saturated rings. The van der Waals surface area contributed by atoms with E-state index in [-0.39, 0.29) is 11.8 Å². The highest BCUT2D eigenvalue weighted by Gasteiger charge is 2.25. The van der Waals surface area contributed by atoms with E-state index in [0.29, 0.717) is 5.65 Å². The molecule has 0 saturated carbocycles. The summed E-state index contributed by atoms with van der Waals surface area (Å²) in [5, 5.41) is 3.15. The first-order valence-corrected chi connectivity index (χ1v) is 10.1. The lowest BCUT2D eigenvalue weighted by Gasteiger charge is -2.32. The van der Waals surface area contributed by atoms with Crippen molar-refractivity contribution in [3.05, 3.63) is 36.3 Å². The van der Waals surface area contributed by atoms with Crippen molar-refractivity contribution in [1.82, 2.24) is 20.3 Å². The van der Waals surface area contributed by atoms with Gasteiger partial charge in [-0.1, -0.05) is 11.6 Å². The van der Waals surface area contributed by atoms with E-state index in [2.05, 4.69) is 31.2 Å². The largest absolute Gasteiger partial charge is 0.370 e. The number of nitrogens with one attached hydrogen (secondary N) is 1. The second-order valence-corrected chi connectivity index (χ2v) is 7.50. The molecule has 1 saturated heterocycles. The van der Waals surface area contributed by atoms with Crippen LogP contribution in [0.5, 0.6) is 0 Å². The van der Waals surface area contributed by atoms with Crippen LogP contribution in [-0.4, -0.2) is 40.5 Å². The van der Waals surface area contributed by atoms with Crippen LogP contribution in [-0.2, 0) is 4.79 Å². The third kappa shape index (κ3) is 4.43. The lowest BCUT2D eigenvalue weighted by Crippen LogP contribution is -2.40. The van der Waals surface area contributed by atoms with Crippen LogP contribution in [0.15, 0.2) is 36.3 Å². The zero-order valence-electron chi connectivity index (χ0n) is 15.7. The number of aromatic nitrogens is 3.